The molecule has 0 aliphatic heterocycles. The fraction of sp³-hybridized carbons (Fsp3) is 0.556. The molecule has 0 heterocycles. The van der Waals surface area contributed by atoms with Gasteiger partial charge in [0.05, 0.1) is 5.69 Å². The summed E-state index contributed by atoms with van der Waals surface area (Å²) in [7, 11) is 0. The van der Waals surface area contributed by atoms with Gasteiger partial charge in [0.1, 0.15) is 11.5 Å². The number of esters is 1. The average Bonchev–Trinajstić information content (AvgIpc) is 2.28. The number of hydrogen-bond donors (Lipinski definition) is 2. The minimum absolute atomic E-state index is 0.00790. The van der Waals surface area contributed by atoms with Crippen LogP contribution >= 0.6 is 0 Å². The van der Waals surface area contributed by atoms with E-state index in [2.05, 4.69) is 5.32 Å². The number of carbonyl (C=O) groups excluding carboxylic acids is 2. The Hall–Kier alpha value is -2.04. The summed E-state index contributed by atoms with van der Waals surface area (Å²) < 4.78 is 5.38. The molecule has 0 bridgehead atoms. The standard InChI is InChI=1S/C18H27NO4/c1-10(20)19-15-14(18(6,7)8)13(23-11(2)21)9-12(16(15)22)17(3,4)5/h9,22H,1-8H3,(H,19,20). The van der Waals surface area contributed by atoms with Gasteiger partial charge in [-0.25, -0.2) is 0 Å². The topological polar surface area (TPSA) is 75.6 Å². The van der Waals surface area contributed by atoms with Crippen molar-refractivity contribution in [1.82, 2.24) is 0 Å². The first-order valence-corrected chi connectivity index (χ1v) is 7.62. The summed E-state index contributed by atoms with van der Waals surface area (Å²) in [5.41, 5.74) is 0.659. The zero-order valence-electron chi connectivity index (χ0n) is 15.2. The summed E-state index contributed by atoms with van der Waals surface area (Å²) in [4.78, 5) is 23.1. The van der Waals surface area contributed by atoms with E-state index in [0.29, 0.717) is 22.6 Å². The van der Waals surface area contributed by atoms with E-state index in [4.69, 9.17) is 4.74 Å². The Bertz CT molecular complexity index is 634. The van der Waals surface area contributed by atoms with Crippen molar-refractivity contribution in [1.29, 1.82) is 0 Å². The Kier molecular flexibility index (Phi) is 5.14. The summed E-state index contributed by atoms with van der Waals surface area (Å²) in [5.74, 6) is -0.384. The van der Waals surface area contributed by atoms with Crippen molar-refractivity contribution >= 4 is 17.6 Å². The number of phenols is 1. The molecule has 0 saturated heterocycles. The van der Waals surface area contributed by atoms with Crippen LogP contribution in [-0.4, -0.2) is 17.0 Å². The molecule has 0 aliphatic rings. The molecule has 0 radical (unpaired) electrons. The summed E-state index contributed by atoms with van der Waals surface area (Å²) in [6.07, 6.45) is 0. The molecule has 2 N–H and O–H groups in total. The fourth-order valence-corrected chi connectivity index (χ4v) is 2.50. The van der Waals surface area contributed by atoms with Gasteiger partial charge in [-0.05, 0) is 16.9 Å². The Morgan fingerprint density at radius 2 is 1.57 bits per heavy atom. The molecule has 1 aromatic carbocycles. The number of carbonyl (C=O) groups is 2. The molecule has 0 aromatic heterocycles. The molecule has 1 amide bonds. The Balaban J connectivity index is 3.86. The van der Waals surface area contributed by atoms with Gasteiger partial charge in [0, 0.05) is 25.0 Å². The molecule has 0 atom stereocenters. The highest BCUT2D eigenvalue weighted by atomic mass is 16.5. The van der Waals surface area contributed by atoms with Crippen molar-refractivity contribution in [2.24, 2.45) is 0 Å². The van der Waals surface area contributed by atoms with Crippen molar-refractivity contribution in [2.45, 2.75) is 66.2 Å². The van der Waals surface area contributed by atoms with E-state index in [-0.39, 0.29) is 17.1 Å². The van der Waals surface area contributed by atoms with Crippen LogP contribution in [0.5, 0.6) is 11.5 Å². The number of rotatable bonds is 2. The van der Waals surface area contributed by atoms with Gasteiger partial charge in [-0.1, -0.05) is 41.5 Å². The fourth-order valence-electron chi connectivity index (χ4n) is 2.50. The first-order valence-electron chi connectivity index (χ1n) is 7.62. The molecule has 0 saturated carbocycles. The van der Waals surface area contributed by atoms with Gasteiger partial charge in [0.2, 0.25) is 5.91 Å². The van der Waals surface area contributed by atoms with Gasteiger partial charge < -0.3 is 15.2 Å². The molecular weight excluding hydrogens is 294 g/mol. The molecule has 1 aromatic rings. The van der Waals surface area contributed by atoms with E-state index in [1.54, 1.807) is 6.07 Å². The van der Waals surface area contributed by atoms with Gasteiger partial charge in [-0.2, -0.15) is 0 Å². The number of benzene rings is 1. The molecular formula is C18H27NO4. The van der Waals surface area contributed by atoms with E-state index < -0.39 is 11.4 Å². The SMILES string of the molecule is CC(=O)Nc1c(O)c(C(C)(C)C)cc(OC(C)=O)c1C(C)(C)C. The van der Waals surface area contributed by atoms with E-state index in [9.17, 15) is 14.7 Å². The molecule has 0 spiro atoms. The van der Waals surface area contributed by atoms with Gasteiger partial charge in [0.15, 0.2) is 0 Å². The minimum Gasteiger partial charge on any atom is -0.505 e. The molecule has 128 valence electrons. The summed E-state index contributed by atoms with van der Waals surface area (Å²) >= 11 is 0. The van der Waals surface area contributed by atoms with Crippen LogP contribution in [0.15, 0.2) is 6.07 Å². The van der Waals surface area contributed by atoms with Gasteiger partial charge >= 0.3 is 5.97 Å². The van der Waals surface area contributed by atoms with Crippen LogP contribution in [0.4, 0.5) is 5.69 Å². The third-order valence-electron chi connectivity index (χ3n) is 3.38. The Morgan fingerprint density at radius 3 is 1.91 bits per heavy atom. The second-order valence-corrected chi connectivity index (χ2v) is 7.80. The third kappa shape index (κ3) is 4.47. The van der Waals surface area contributed by atoms with E-state index in [0.717, 1.165) is 0 Å². The van der Waals surface area contributed by atoms with Crippen molar-refractivity contribution in [3.05, 3.63) is 17.2 Å². The maximum Gasteiger partial charge on any atom is 0.308 e. The lowest BCUT2D eigenvalue weighted by molar-refractivity contribution is -0.132. The van der Waals surface area contributed by atoms with E-state index in [1.165, 1.54) is 13.8 Å². The number of aromatic hydroxyl groups is 1. The van der Waals surface area contributed by atoms with Crippen molar-refractivity contribution in [3.8, 4) is 11.5 Å². The lowest BCUT2D eigenvalue weighted by Crippen LogP contribution is -2.22. The zero-order chi connectivity index (χ0) is 18.2. The number of nitrogens with one attached hydrogen (secondary N) is 1. The second-order valence-electron chi connectivity index (χ2n) is 7.80. The van der Waals surface area contributed by atoms with Crippen LogP contribution in [0.1, 0.15) is 66.5 Å². The smallest absolute Gasteiger partial charge is 0.308 e. The second kappa shape index (κ2) is 6.22. The number of anilines is 1. The van der Waals surface area contributed by atoms with Gasteiger partial charge in [-0.15, -0.1) is 0 Å². The van der Waals surface area contributed by atoms with Crippen molar-refractivity contribution in [3.63, 3.8) is 0 Å². The van der Waals surface area contributed by atoms with Crippen LogP contribution in [-0.2, 0) is 20.4 Å². The molecule has 5 heteroatoms. The zero-order valence-corrected chi connectivity index (χ0v) is 15.2. The maximum atomic E-state index is 11.6. The number of phenolic OH excluding ortho intramolecular Hbond substituents is 1. The quantitative estimate of drug-likeness (QED) is 0.492. The highest BCUT2D eigenvalue weighted by Gasteiger charge is 2.31. The Morgan fingerprint density at radius 1 is 1.04 bits per heavy atom. The summed E-state index contributed by atoms with van der Waals surface area (Å²) in [6.45, 7) is 14.3. The van der Waals surface area contributed by atoms with Crippen LogP contribution < -0.4 is 10.1 Å². The number of hydrogen-bond acceptors (Lipinski definition) is 4. The lowest BCUT2D eigenvalue weighted by atomic mass is 9.79. The number of amides is 1. The van der Waals surface area contributed by atoms with Crippen LogP contribution in [0.3, 0.4) is 0 Å². The predicted octanol–water partition coefficient (Wildman–Crippen LogP) is 3.87. The normalized spacial score (nSPS) is 12.0. The maximum absolute atomic E-state index is 11.6. The first-order chi connectivity index (χ1) is 10.2. The van der Waals surface area contributed by atoms with Crippen LogP contribution in [0.2, 0.25) is 0 Å². The van der Waals surface area contributed by atoms with Crippen molar-refractivity contribution in [2.75, 3.05) is 5.32 Å². The van der Waals surface area contributed by atoms with Crippen molar-refractivity contribution < 1.29 is 19.4 Å². The van der Waals surface area contributed by atoms with E-state index in [1.807, 2.05) is 41.5 Å². The molecule has 0 aliphatic carbocycles. The Labute approximate surface area is 138 Å². The van der Waals surface area contributed by atoms with Gasteiger partial charge in [-0.3, -0.25) is 9.59 Å². The monoisotopic (exact) mass is 321 g/mol. The molecule has 23 heavy (non-hydrogen) atoms. The highest BCUT2D eigenvalue weighted by molar-refractivity contribution is 5.93. The molecule has 1 rings (SSSR count). The van der Waals surface area contributed by atoms with Crippen LogP contribution in [0.25, 0.3) is 0 Å². The molecule has 0 fully saturated rings. The molecule has 5 nitrogen and oxygen atoms in total. The minimum atomic E-state index is -0.449. The summed E-state index contributed by atoms with van der Waals surface area (Å²) in [6, 6.07) is 1.68. The highest BCUT2D eigenvalue weighted by Crippen LogP contribution is 2.47. The first kappa shape index (κ1) is 19.0. The van der Waals surface area contributed by atoms with Gasteiger partial charge in [0.25, 0.3) is 0 Å². The third-order valence-corrected chi connectivity index (χ3v) is 3.38. The average molecular weight is 321 g/mol. The molecule has 0 unspecified atom stereocenters. The van der Waals surface area contributed by atoms with E-state index >= 15 is 0 Å². The predicted molar refractivity (Wildman–Crippen MR) is 91.1 cm³/mol. The van der Waals surface area contributed by atoms with Crippen LogP contribution in [0, 0.1) is 0 Å². The lowest BCUT2D eigenvalue weighted by Gasteiger charge is -2.30. The largest absolute Gasteiger partial charge is 0.505 e. The number of ether oxygens (including phenoxy) is 1. The summed E-state index contributed by atoms with van der Waals surface area (Å²) in [5, 5.41) is 13.4.